The molecule has 1 fully saturated rings. The Morgan fingerprint density at radius 1 is 1.35 bits per heavy atom. The van der Waals surface area contributed by atoms with Crippen LogP contribution >= 0.6 is 0 Å². The monoisotopic (exact) mass is 274 g/mol. The zero-order valence-corrected chi connectivity index (χ0v) is 12.6. The number of hydrogen-bond acceptors (Lipinski definition) is 3. The van der Waals surface area contributed by atoms with E-state index in [9.17, 15) is 0 Å². The molecule has 1 N–H and O–H groups in total. The molecular formula is C17H26N2O. The molecule has 20 heavy (non-hydrogen) atoms. The number of nitrogens with one attached hydrogen (secondary N) is 1. The van der Waals surface area contributed by atoms with Crippen LogP contribution in [0.2, 0.25) is 0 Å². The molecule has 3 heteroatoms. The van der Waals surface area contributed by atoms with Crippen molar-refractivity contribution < 1.29 is 4.74 Å². The predicted molar refractivity (Wildman–Crippen MR) is 82.0 cm³/mol. The summed E-state index contributed by atoms with van der Waals surface area (Å²) >= 11 is 0. The van der Waals surface area contributed by atoms with Crippen LogP contribution in [0.5, 0.6) is 0 Å². The van der Waals surface area contributed by atoms with Crippen molar-refractivity contribution in [3.05, 3.63) is 35.4 Å². The zero-order chi connectivity index (χ0) is 13.9. The van der Waals surface area contributed by atoms with Crippen LogP contribution in [0, 0.1) is 0 Å². The van der Waals surface area contributed by atoms with Gasteiger partial charge >= 0.3 is 0 Å². The standard InChI is InChI=1S/C17H26N2O/c1-3-18-17-15-7-5-4-6-14(15)8-9-16(17)19-10-11-20-13(2)12-19/h4-7,13,16-18H,3,8-12H2,1-2H3. The summed E-state index contributed by atoms with van der Waals surface area (Å²) < 4.78 is 5.70. The SMILES string of the molecule is CCNC1c2ccccc2CCC1N1CCOC(C)C1. The molecule has 1 aliphatic carbocycles. The highest BCUT2D eigenvalue weighted by Crippen LogP contribution is 2.33. The molecule has 1 saturated heterocycles. The number of fused-ring (bicyclic) bond motifs is 1. The minimum Gasteiger partial charge on any atom is -0.376 e. The summed E-state index contributed by atoms with van der Waals surface area (Å²) in [5.74, 6) is 0. The smallest absolute Gasteiger partial charge is 0.0674 e. The van der Waals surface area contributed by atoms with Crippen molar-refractivity contribution in [1.82, 2.24) is 10.2 Å². The highest BCUT2D eigenvalue weighted by atomic mass is 16.5. The molecule has 0 spiro atoms. The van der Waals surface area contributed by atoms with E-state index in [1.807, 2.05) is 0 Å². The lowest BCUT2D eigenvalue weighted by Gasteiger charge is -2.44. The number of rotatable bonds is 3. The second-order valence-corrected chi connectivity index (χ2v) is 6.02. The van der Waals surface area contributed by atoms with E-state index >= 15 is 0 Å². The van der Waals surface area contributed by atoms with Gasteiger partial charge in [0, 0.05) is 25.2 Å². The molecule has 3 rings (SSSR count). The summed E-state index contributed by atoms with van der Waals surface area (Å²) in [7, 11) is 0. The number of likely N-dealkylation sites (N-methyl/N-ethyl adjacent to an activating group) is 1. The Hall–Kier alpha value is -0.900. The van der Waals surface area contributed by atoms with Crippen LogP contribution < -0.4 is 5.32 Å². The van der Waals surface area contributed by atoms with Gasteiger partial charge in [0.15, 0.2) is 0 Å². The molecule has 1 aliphatic heterocycles. The number of nitrogens with zero attached hydrogens (tertiary/aromatic N) is 1. The van der Waals surface area contributed by atoms with Crippen LogP contribution in [0.25, 0.3) is 0 Å². The molecule has 1 aromatic rings. The van der Waals surface area contributed by atoms with Gasteiger partial charge in [-0.3, -0.25) is 4.90 Å². The lowest BCUT2D eigenvalue weighted by molar-refractivity contribution is -0.0424. The molecule has 0 radical (unpaired) electrons. The molecule has 0 saturated carbocycles. The Morgan fingerprint density at radius 3 is 3.00 bits per heavy atom. The molecule has 3 unspecified atom stereocenters. The fourth-order valence-corrected chi connectivity index (χ4v) is 3.75. The number of morpholine rings is 1. The predicted octanol–water partition coefficient (Wildman–Crippen LogP) is 2.37. The van der Waals surface area contributed by atoms with Crippen LogP contribution in [0.4, 0.5) is 0 Å². The van der Waals surface area contributed by atoms with Crippen molar-refractivity contribution in [2.45, 2.75) is 44.9 Å². The molecule has 110 valence electrons. The first-order chi connectivity index (χ1) is 9.79. The molecule has 1 aromatic carbocycles. The van der Waals surface area contributed by atoms with E-state index in [1.54, 1.807) is 0 Å². The van der Waals surface area contributed by atoms with E-state index in [2.05, 4.69) is 48.3 Å². The Labute approximate surface area is 122 Å². The summed E-state index contributed by atoms with van der Waals surface area (Å²) in [6, 6.07) is 10.0. The first kappa shape index (κ1) is 14.1. The van der Waals surface area contributed by atoms with Crippen LogP contribution in [0.15, 0.2) is 24.3 Å². The zero-order valence-electron chi connectivity index (χ0n) is 12.6. The summed E-state index contributed by atoms with van der Waals surface area (Å²) in [6.07, 6.45) is 2.82. The van der Waals surface area contributed by atoms with Gasteiger partial charge in [0.25, 0.3) is 0 Å². The average Bonchev–Trinajstić information content (AvgIpc) is 2.48. The van der Waals surface area contributed by atoms with E-state index in [0.29, 0.717) is 18.2 Å². The third kappa shape index (κ3) is 2.76. The van der Waals surface area contributed by atoms with Gasteiger partial charge in [0.05, 0.1) is 12.7 Å². The second-order valence-electron chi connectivity index (χ2n) is 6.02. The number of aryl methyl sites for hydroxylation is 1. The third-order valence-electron chi connectivity index (χ3n) is 4.65. The van der Waals surface area contributed by atoms with E-state index < -0.39 is 0 Å². The lowest BCUT2D eigenvalue weighted by Crippen LogP contribution is -2.53. The molecule has 0 amide bonds. The maximum Gasteiger partial charge on any atom is 0.0674 e. The summed E-state index contributed by atoms with van der Waals surface area (Å²) in [5, 5.41) is 3.72. The Kier molecular flexibility index (Phi) is 4.39. The van der Waals surface area contributed by atoms with E-state index in [0.717, 1.165) is 26.2 Å². The van der Waals surface area contributed by atoms with Gasteiger partial charge in [-0.15, -0.1) is 0 Å². The molecule has 3 nitrogen and oxygen atoms in total. The van der Waals surface area contributed by atoms with Gasteiger partial charge < -0.3 is 10.1 Å². The van der Waals surface area contributed by atoms with Crippen molar-refractivity contribution in [3.8, 4) is 0 Å². The highest BCUT2D eigenvalue weighted by Gasteiger charge is 2.34. The third-order valence-corrected chi connectivity index (χ3v) is 4.65. The van der Waals surface area contributed by atoms with Crippen molar-refractivity contribution in [2.24, 2.45) is 0 Å². The summed E-state index contributed by atoms with van der Waals surface area (Å²) in [5.41, 5.74) is 3.03. The maximum absolute atomic E-state index is 5.70. The first-order valence-corrected chi connectivity index (χ1v) is 7.96. The van der Waals surface area contributed by atoms with E-state index in [-0.39, 0.29) is 0 Å². The minimum atomic E-state index is 0.364. The molecule has 2 aliphatic rings. The lowest BCUT2D eigenvalue weighted by atomic mass is 9.83. The Bertz CT molecular complexity index is 448. The number of benzene rings is 1. The summed E-state index contributed by atoms with van der Waals surface area (Å²) in [6.45, 7) is 8.42. The maximum atomic E-state index is 5.70. The van der Waals surface area contributed by atoms with Crippen molar-refractivity contribution in [1.29, 1.82) is 0 Å². The first-order valence-electron chi connectivity index (χ1n) is 7.96. The molecule has 3 atom stereocenters. The average molecular weight is 274 g/mol. The van der Waals surface area contributed by atoms with Gasteiger partial charge in [-0.05, 0) is 37.4 Å². The molecular weight excluding hydrogens is 248 g/mol. The highest BCUT2D eigenvalue weighted by molar-refractivity contribution is 5.34. The van der Waals surface area contributed by atoms with Gasteiger partial charge in [0.1, 0.15) is 0 Å². The summed E-state index contributed by atoms with van der Waals surface area (Å²) in [4.78, 5) is 2.64. The molecule has 0 bridgehead atoms. The Morgan fingerprint density at radius 2 is 2.20 bits per heavy atom. The van der Waals surface area contributed by atoms with Gasteiger partial charge in [-0.1, -0.05) is 31.2 Å². The minimum absolute atomic E-state index is 0.364. The fourth-order valence-electron chi connectivity index (χ4n) is 3.75. The fraction of sp³-hybridized carbons (Fsp3) is 0.647. The molecule has 1 heterocycles. The quantitative estimate of drug-likeness (QED) is 0.916. The topological polar surface area (TPSA) is 24.5 Å². The van der Waals surface area contributed by atoms with E-state index in [4.69, 9.17) is 4.74 Å². The van der Waals surface area contributed by atoms with Crippen LogP contribution in [0.3, 0.4) is 0 Å². The molecule has 0 aromatic heterocycles. The van der Waals surface area contributed by atoms with Crippen molar-refractivity contribution in [3.63, 3.8) is 0 Å². The van der Waals surface area contributed by atoms with Crippen LogP contribution in [-0.2, 0) is 11.2 Å². The largest absolute Gasteiger partial charge is 0.376 e. The van der Waals surface area contributed by atoms with Crippen molar-refractivity contribution >= 4 is 0 Å². The van der Waals surface area contributed by atoms with Crippen molar-refractivity contribution in [2.75, 3.05) is 26.2 Å². The van der Waals surface area contributed by atoms with E-state index in [1.165, 1.54) is 24.0 Å². The second kappa shape index (κ2) is 6.25. The van der Waals surface area contributed by atoms with Gasteiger partial charge in [-0.25, -0.2) is 0 Å². The van der Waals surface area contributed by atoms with Gasteiger partial charge in [-0.2, -0.15) is 0 Å². The number of hydrogen-bond donors (Lipinski definition) is 1. The van der Waals surface area contributed by atoms with Crippen LogP contribution in [0.1, 0.15) is 37.4 Å². The van der Waals surface area contributed by atoms with Gasteiger partial charge in [0.2, 0.25) is 0 Å². The normalized spacial score (nSPS) is 31.0. The number of ether oxygens (including phenoxy) is 1. The Balaban J connectivity index is 1.84. The van der Waals surface area contributed by atoms with Crippen LogP contribution in [-0.4, -0.2) is 43.3 Å².